The third kappa shape index (κ3) is 2.98. The van der Waals surface area contributed by atoms with Crippen LogP contribution in [0.1, 0.15) is 30.9 Å². The number of aryl methyl sites for hydroxylation is 1. The molecule has 1 aromatic rings. The molecule has 1 unspecified atom stereocenters. The van der Waals surface area contributed by atoms with Gasteiger partial charge in [0.15, 0.2) is 0 Å². The second-order valence-electron chi connectivity index (χ2n) is 4.73. The molecule has 1 aliphatic rings. The summed E-state index contributed by atoms with van der Waals surface area (Å²) in [5, 5.41) is 0. The molecule has 2 nitrogen and oxygen atoms in total. The summed E-state index contributed by atoms with van der Waals surface area (Å²) in [7, 11) is 0. The van der Waals surface area contributed by atoms with Crippen molar-refractivity contribution < 1.29 is 4.74 Å². The SMILES string of the molecule is Cc1cc(Br)c(OC2CC2)c(CC(C)N)c1. The molecule has 0 radical (unpaired) electrons. The molecule has 0 bridgehead atoms. The number of benzene rings is 1. The molecule has 2 rings (SSSR count). The van der Waals surface area contributed by atoms with Crippen LogP contribution in [0.2, 0.25) is 0 Å². The summed E-state index contributed by atoms with van der Waals surface area (Å²) in [5.74, 6) is 0.991. The second-order valence-corrected chi connectivity index (χ2v) is 5.59. The number of hydrogen-bond acceptors (Lipinski definition) is 2. The van der Waals surface area contributed by atoms with Gasteiger partial charge in [-0.1, -0.05) is 6.07 Å². The van der Waals surface area contributed by atoms with Crippen LogP contribution < -0.4 is 10.5 Å². The standard InChI is InChI=1S/C13H18BrNO/c1-8-5-10(7-9(2)15)13(12(14)6-8)16-11-3-4-11/h5-6,9,11H,3-4,7,15H2,1-2H3. The van der Waals surface area contributed by atoms with Gasteiger partial charge in [0.1, 0.15) is 5.75 Å². The highest BCUT2D eigenvalue weighted by atomic mass is 79.9. The van der Waals surface area contributed by atoms with Crippen molar-refractivity contribution in [2.45, 2.75) is 45.3 Å². The van der Waals surface area contributed by atoms with E-state index in [1.54, 1.807) is 0 Å². The molecular formula is C13H18BrNO. The third-order valence-corrected chi connectivity index (χ3v) is 3.20. The first-order chi connectivity index (χ1) is 7.56. The summed E-state index contributed by atoms with van der Waals surface area (Å²) in [6, 6.07) is 4.43. The van der Waals surface area contributed by atoms with Crippen molar-refractivity contribution in [1.82, 2.24) is 0 Å². The quantitative estimate of drug-likeness (QED) is 0.921. The van der Waals surface area contributed by atoms with E-state index in [2.05, 4.69) is 35.0 Å². The smallest absolute Gasteiger partial charge is 0.137 e. The highest BCUT2D eigenvalue weighted by Gasteiger charge is 2.25. The van der Waals surface area contributed by atoms with Crippen molar-refractivity contribution in [3.05, 3.63) is 27.7 Å². The molecule has 0 heterocycles. The molecule has 0 aromatic heterocycles. The fourth-order valence-electron chi connectivity index (χ4n) is 1.78. The van der Waals surface area contributed by atoms with Crippen molar-refractivity contribution in [1.29, 1.82) is 0 Å². The monoisotopic (exact) mass is 283 g/mol. The normalized spacial score (nSPS) is 17.2. The van der Waals surface area contributed by atoms with E-state index in [0.717, 1.165) is 16.6 Å². The number of ether oxygens (including phenoxy) is 1. The van der Waals surface area contributed by atoms with Crippen molar-refractivity contribution >= 4 is 15.9 Å². The molecule has 2 N–H and O–H groups in total. The van der Waals surface area contributed by atoms with Gasteiger partial charge in [-0.25, -0.2) is 0 Å². The first kappa shape index (κ1) is 11.9. The number of halogens is 1. The maximum atomic E-state index is 5.94. The maximum Gasteiger partial charge on any atom is 0.137 e. The fourth-order valence-corrected chi connectivity index (χ4v) is 2.49. The Kier molecular flexibility index (Phi) is 3.55. The Morgan fingerprint density at radius 3 is 2.75 bits per heavy atom. The lowest BCUT2D eigenvalue weighted by Crippen LogP contribution is -2.18. The molecule has 3 heteroatoms. The molecule has 0 saturated heterocycles. The molecule has 1 fully saturated rings. The van der Waals surface area contributed by atoms with Gasteiger partial charge in [-0.2, -0.15) is 0 Å². The molecule has 0 aliphatic heterocycles. The Hall–Kier alpha value is -0.540. The van der Waals surface area contributed by atoms with Crippen molar-refractivity contribution in [2.24, 2.45) is 5.73 Å². The van der Waals surface area contributed by atoms with Crippen LogP contribution in [0, 0.1) is 6.92 Å². The van der Waals surface area contributed by atoms with Crippen LogP contribution >= 0.6 is 15.9 Å². The Morgan fingerprint density at radius 2 is 2.19 bits per heavy atom. The Bertz CT molecular complexity index is 386. The van der Waals surface area contributed by atoms with Crippen molar-refractivity contribution in [2.75, 3.05) is 0 Å². The lowest BCUT2D eigenvalue weighted by molar-refractivity contribution is 0.297. The minimum absolute atomic E-state index is 0.162. The zero-order chi connectivity index (χ0) is 11.7. The topological polar surface area (TPSA) is 35.2 Å². The van der Waals surface area contributed by atoms with Gasteiger partial charge in [-0.05, 0) is 66.2 Å². The summed E-state index contributed by atoms with van der Waals surface area (Å²) in [6.07, 6.45) is 3.64. The van der Waals surface area contributed by atoms with E-state index in [9.17, 15) is 0 Å². The van der Waals surface area contributed by atoms with Crippen molar-refractivity contribution in [3.8, 4) is 5.75 Å². The minimum Gasteiger partial charge on any atom is -0.489 e. The van der Waals surface area contributed by atoms with Gasteiger partial charge < -0.3 is 10.5 Å². The predicted octanol–water partition coefficient (Wildman–Crippen LogP) is 3.19. The van der Waals surface area contributed by atoms with E-state index >= 15 is 0 Å². The molecule has 1 aromatic carbocycles. The molecule has 88 valence electrons. The average Bonchev–Trinajstić information content (AvgIpc) is 2.93. The zero-order valence-corrected chi connectivity index (χ0v) is 11.4. The molecule has 1 aliphatic carbocycles. The van der Waals surface area contributed by atoms with Crippen LogP contribution in [-0.4, -0.2) is 12.1 Å². The second kappa shape index (κ2) is 4.76. The molecule has 1 saturated carbocycles. The Labute approximate surface area is 105 Å². The van der Waals surface area contributed by atoms with E-state index in [1.807, 2.05) is 6.92 Å². The van der Waals surface area contributed by atoms with Gasteiger partial charge in [0, 0.05) is 6.04 Å². The average molecular weight is 284 g/mol. The van der Waals surface area contributed by atoms with E-state index in [1.165, 1.54) is 24.0 Å². The highest BCUT2D eigenvalue weighted by molar-refractivity contribution is 9.10. The van der Waals surface area contributed by atoms with Crippen LogP contribution in [0.3, 0.4) is 0 Å². The summed E-state index contributed by atoms with van der Waals surface area (Å²) in [6.45, 7) is 4.12. The van der Waals surface area contributed by atoms with Crippen LogP contribution in [-0.2, 0) is 6.42 Å². The van der Waals surface area contributed by atoms with E-state index in [4.69, 9.17) is 10.5 Å². The summed E-state index contributed by atoms with van der Waals surface area (Å²) in [5.41, 5.74) is 8.33. The molecule has 0 spiro atoms. The summed E-state index contributed by atoms with van der Waals surface area (Å²) >= 11 is 3.58. The predicted molar refractivity (Wildman–Crippen MR) is 69.9 cm³/mol. The number of hydrogen-bond donors (Lipinski definition) is 1. The lowest BCUT2D eigenvalue weighted by Gasteiger charge is -2.15. The first-order valence-electron chi connectivity index (χ1n) is 5.77. The molecule has 16 heavy (non-hydrogen) atoms. The Balaban J connectivity index is 2.29. The van der Waals surface area contributed by atoms with Crippen LogP contribution in [0.15, 0.2) is 16.6 Å². The van der Waals surface area contributed by atoms with Gasteiger partial charge >= 0.3 is 0 Å². The lowest BCUT2D eigenvalue weighted by atomic mass is 10.0. The Morgan fingerprint density at radius 1 is 1.50 bits per heavy atom. The number of nitrogens with two attached hydrogens (primary N) is 1. The van der Waals surface area contributed by atoms with Crippen molar-refractivity contribution in [3.63, 3.8) is 0 Å². The van der Waals surface area contributed by atoms with Gasteiger partial charge in [0.25, 0.3) is 0 Å². The van der Waals surface area contributed by atoms with Gasteiger partial charge in [0.05, 0.1) is 10.6 Å². The van der Waals surface area contributed by atoms with E-state index < -0.39 is 0 Å². The largest absolute Gasteiger partial charge is 0.489 e. The molecule has 0 amide bonds. The summed E-state index contributed by atoms with van der Waals surface area (Å²) in [4.78, 5) is 0. The van der Waals surface area contributed by atoms with E-state index in [0.29, 0.717) is 6.10 Å². The summed E-state index contributed by atoms with van der Waals surface area (Å²) < 4.78 is 6.99. The van der Waals surface area contributed by atoms with Crippen LogP contribution in [0.5, 0.6) is 5.75 Å². The molecular weight excluding hydrogens is 266 g/mol. The molecule has 1 atom stereocenters. The van der Waals surface area contributed by atoms with Crippen LogP contribution in [0.25, 0.3) is 0 Å². The van der Waals surface area contributed by atoms with E-state index in [-0.39, 0.29) is 6.04 Å². The number of rotatable bonds is 4. The maximum absolute atomic E-state index is 5.94. The zero-order valence-electron chi connectivity index (χ0n) is 9.79. The fraction of sp³-hybridized carbons (Fsp3) is 0.538. The highest BCUT2D eigenvalue weighted by Crippen LogP contribution is 2.36. The van der Waals surface area contributed by atoms with Gasteiger partial charge in [-0.3, -0.25) is 0 Å². The minimum atomic E-state index is 0.162. The first-order valence-corrected chi connectivity index (χ1v) is 6.57. The third-order valence-electron chi connectivity index (χ3n) is 2.62. The van der Waals surface area contributed by atoms with Gasteiger partial charge in [-0.15, -0.1) is 0 Å². The van der Waals surface area contributed by atoms with Gasteiger partial charge in [0.2, 0.25) is 0 Å². The van der Waals surface area contributed by atoms with Crippen LogP contribution in [0.4, 0.5) is 0 Å².